The van der Waals surface area contributed by atoms with E-state index < -0.39 is 17.3 Å². The summed E-state index contributed by atoms with van der Waals surface area (Å²) in [6, 6.07) is 0. The number of rotatable bonds is 4. The Labute approximate surface area is 112 Å². The van der Waals surface area contributed by atoms with Crippen molar-refractivity contribution in [2.24, 2.45) is 5.16 Å². The third kappa shape index (κ3) is 5.87. The number of carbonyl (C=O) groups excluding carboxylic acids is 1. The predicted molar refractivity (Wildman–Crippen MR) is 71.5 cm³/mol. The molecule has 1 aliphatic rings. The summed E-state index contributed by atoms with van der Waals surface area (Å²) in [7, 11) is 3.17. The first-order valence-electron chi connectivity index (χ1n) is 4.73. The summed E-state index contributed by atoms with van der Waals surface area (Å²) in [5.74, 6) is 0. The molecule has 1 saturated heterocycles. The van der Waals surface area contributed by atoms with Crippen molar-refractivity contribution in [1.29, 1.82) is 0 Å². The number of ether oxygens (including phenoxy) is 1. The van der Waals surface area contributed by atoms with Crippen LogP contribution in [0.1, 0.15) is 0 Å². The second-order valence-electron chi connectivity index (χ2n) is 3.09. The Kier molecular flexibility index (Phi) is 7.12. The van der Waals surface area contributed by atoms with Crippen molar-refractivity contribution in [2.45, 2.75) is 0 Å². The second kappa shape index (κ2) is 8.09. The standard InChI is InChI=1S/C8H14N2O4S3/c1-10(3-4-13-2)8(11)14-9-7-15-5-17(12)6-16-7/h3-6H2,1-2H3. The van der Waals surface area contributed by atoms with Crippen molar-refractivity contribution < 1.29 is 18.9 Å². The van der Waals surface area contributed by atoms with Gasteiger partial charge >= 0.3 is 6.09 Å². The predicted octanol–water partition coefficient (Wildman–Crippen LogP) is 1.12. The van der Waals surface area contributed by atoms with Crippen LogP contribution >= 0.6 is 23.5 Å². The fourth-order valence-electron chi connectivity index (χ4n) is 0.826. The molecule has 0 saturated carbocycles. The van der Waals surface area contributed by atoms with Gasteiger partial charge in [0.1, 0.15) is 0 Å². The fourth-order valence-corrected chi connectivity index (χ4v) is 4.95. The highest BCUT2D eigenvalue weighted by atomic mass is 32.3. The van der Waals surface area contributed by atoms with Gasteiger partial charge in [0.05, 0.1) is 6.61 Å². The Hall–Kier alpha value is -0.0900. The quantitative estimate of drug-likeness (QED) is 0.440. The number of methoxy groups -OCH3 is 1. The Morgan fingerprint density at radius 3 is 2.82 bits per heavy atom. The van der Waals surface area contributed by atoms with Gasteiger partial charge in [-0.3, -0.25) is 4.84 Å². The van der Waals surface area contributed by atoms with Crippen molar-refractivity contribution >= 4 is 45.2 Å². The van der Waals surface area contributed by atoms with E-state index >= 15 is 0 Å². The molecule has 1 aliphatic heterocycles. The highest BCUT2D eigenvalue weighted by molar-refractivity contribution is 8.46. The minimum Gasteiger partial charge on any atom is -0.615 e. The number of oxime groups is 1. The van der Waals surface area contributed by atoms with Crippen LogP contribution in [0, 0.1) is 0 Å². The molecule has 1 heterocycles. The summed E-state index contributed by atoms with van der Waals surface area (Å²) < 4.78 is 16.5. The van der Waals surface area contributed by atoms with E-state index in [-0.39, 0.29) is 0 Å². The van der Waals surface area contributed by atoms with Crippen LogP contribution in [0.4, 0.5) is 4.79 Å². The molecule has 1 rings (SSSR count). The van der Waals surface area contributed by atoms with Gasteiger partial charge in [0.2, 0.25) is 0 Å². The number of hydrogen-bond donors (Lipinski definition) is 0. The topological polar surface area (TPSA) is 74.2 Å². The summed E-state index contributed by atoms with van der Waals surface area (Å²) in [5.41, 5.74) is 0. The number of hydrogen-bond acceptors (Lipinski definition) is 7. The van der Waals surface area contributed by atoms with Crippen molar-refractivity contribution in [1.82, 2.24) is 4.90 Å². The van der Waals surface area contributed by atoms with E-state index in [4.69, 9.17) is 9.57 Å². The maximum absolute atomic E-state index is 11.4. The van der Waals surface area contributed by atoms with Crippen LogP contribution in [0.3, 0.4) is 0 Å². The lowest BCUT2D eigenvalue weighted by atomic mass is 10.6. The van der Waals surface area contributed by atoms with Crippen LogP contribution < -0.4 is 0 Å². The lowest BCUT2D eigenvalue weighted by Gasteiger charge is -2.16. The highest BCUT2D eigenvalue weighted by Crippen LogP contribution is 2.27. The zero-order chi connectivity index (χ0) is 12.7. The van der Waals surface area contributed by atoms with Gasteiger partial charge in [-0.25, -0.2) is 4.79 Å². The molecule has 0 unspecified atom stereocenters. The molecule has 0 bridgehead atoms. The molecule has 0 aromatic heterocycles. The van der Waals surface area contributed by atoms with Gasteiger partial charge in [-0.05, 0) is 34.7 Å². The van der Waals surface area contributed by atoms with Gasteiger partial charge in [-0.15, -0.1) is 0 Å². The molecule has 0 aliphatic carbocycles. The largest absolute Gasteiger partial charge is 0.615 e. The molecule has 0 spiro atoms. The highest BCUT2D eigenvalue weighted by Gasteiger charge is 2.20. The van der Waals surface area contributed by atoms with Crippen molar-refractivity contribution in [3.8, 4) is 0 Å². The normalized spacial score (nSPS) is 19.9. The van der Waals surface area contributed by atoms with Gasteiger partial charge in [-0.1, -0.05) is 5.16 Å². The number of carbonyl (C=O) groups is 1. The zero-order valence-corrected chi connectivity index (χ0v) is 12.0. The average molecular weight is 298 g/mol. The first-order chi connectivity index (χ1) is 8.13. The van der Waals surface area contributed by atoms with Gasteiger partial charge in [0, 0.05) is 20.7 Å². The third-order valence-electron chi connectivity index (χ3n) is 1.77. The van der Waals surface area contributed by atoms with Crippen molar-refractivity contribution in [2.75, 3.05) is 37.5 Å². The smallest absolute Gasteiger partial charge is 0.435 e. The van der Waals surface area contributed by atoms with Crippen LogP contribution in [-0.4, -0.2) is 57.4 Å². The lowest BCUT2D eigenvalue weighted by Crippen LogP contribution is -2.29. The molecule has 0 N–H and O–H groups in total. The minimum atomic E-state index is -0.811. The maximum atomic E-state index is 11.4. The maximum Gasteiger partial charge on any atom is 0.435 e. The van der Waals surface area contributed by atoms with Crippen LogP contribution in [0.2, 0.25) is 0 Å². The first kappa shape index (κ1) is 15.0. The van der Waals surface area contributed by atoms with E-state index in [2.05, 4.69) is 5.16 Å². The molecule has 9 heteroatoms. The van der Waals surface area contributed by atoms with Gasteiger partial charge in [0.25, 0.3) is 0 Å². The molecular formula is C8H14N2O4S3. The second-order valence-corrected chi connectivity index (χ2v) is 7.47. The molecule has 6 nitrogen and oxygen atoms in total. The molecule has 1 amide bonds. The summed E-state index contributed by atoms with van der Waals surface area (Å²) >= 11 is 1.86. The van der Waals surface area contributed by atoms with Crippen LogP contribution in [0.25, 0.3) is 0 Å². The monoisotopic (exact) mass is 298 g/mol. The number of thioether (sulfide) groups is 2. The fraction of sp³-hybridized carbons (Fsp3) is 0.750. The zero-order valence-electron chi connectivity index (χ0n) is 9.58. The molecule has 17 heavy (non-hydrogen) atoms. The van der Waals surface area contributed by atoms with Gasteiger partial charge in [-0.2, -0.15) is 0 Å². The third-order valence-corrected chi connectivity index (χ3v) is 6.16. The number of amides is 1. The summed E-state index contributed by atoms with van der Waals surface area (Å²) in [5, 5.41) is 4.73. The first-order valence-corrected chi connectivity index (χ1v) is 8.19. The van der Waals surface area contributed by atoms with E-state index in [1.54, 1.807) is 14.2 Å². The Bertz CT molecular complexity index is 280. The van der Waals surface area contributed by atoms with E-state index in [0.29, 0.717) is 27.7 Å². The summed E-state index contributed by atoms with van der Waals surface area (Å²) in [6.07, 6.45) is -0.526. The summed E-state index contributed by atoms with van der Waals surface area (Å²) in [4.78, 5) is 17.6. The SMILES string of the molecule is COCCN(C)C(=O)ON=C1SC[S+]([O-])CS1. The Balaban J connectivity index is 2.29. The van der Waals surface area contributed by atoms with Crippen molar-refractivity contribution in [3.63, 3.8) is 0 Å². The molecule has 0 radical (unpaired) electrons. The number of nitrogens with zero attached hydrogens (tertiary/aromatic N) is 2. The molecular weight excluding hydrogens is 284 g/mol. The van der Waals surface area contributed by atoms with E-state index in [0.717, 1.165) is 0 Å². The molecule has 0 aromatic carbocycles. The average Bonchev–Trinajstić information content (AvgIpc) is 2.34. The van der Waals surface area contributed by atoms with Gasteiger partial charge < -0.3 is 14.2 Å². The molecule has 0 atom stereocenters. The molecule has 0 aromatic rings. The van der Waals surface area contributed by atoms with E-state index in [1.807, 2.05) is 0 Å². The summed E-state index contributed by atoms with van der Waals surface area (Å²) in [6.45, 7) is 0.898. The van der Waals surface area contributed by atoms with Crippen LogP contribution in [0.15, 0.2) is 5.16 Å². The van der Waals surface area contributed by atoms with Crippen molar-refractivity contribution in [3.05, 3.63) is 0 Å². The Morgan fingerprint density at radius 1 is 1.59 bits per heavy atom. The van der Waals surface area contributed by atoms with E-state index in [9.17, 15) is 9.35 Å². The van der Waals surface area contributed by atoms with Crippen LogP contribution in [-0.2, 0) is 20.8 Å². The molecule has 98 valence electrons. The van der Waals surface area contributed by atoms with E-state index in [1.165, 1.54) is 28.4 Å². The molecule has 1 fully saturated rings. The van der Waals surface area contributed by atoms with Crippen LogP contribution in [0.5, 0.6) is 0 Å². The van der Waals surface area contributed by atoms with Gasteiger partial charge in [0.15, 0.2) is 14.5 Å². The minimum absolute atomic E-state index is 0.449. The Morgan fingerprint density at radius 2 is 2.24 bits per heavy atom. The lowest BCUT2D eigenvalue weighted by molar-refractivity contribution is 0.100. The number of likely N-dealkylation sites (N-methyl/N-ethyl adjacent to an activating group) is 1.